The number of hydrogen-bond acceptors (Lipinski definition) is 3. The molecule has 5 heteroatoms. The van der Waals surface area contributed by atoms with Gasteiger partial charge >= 0.3 is 0 Å². The summed E-state index contributed by atoms with van der Waals surface area (Å²) in [6.45, 7) is 7.82. The van der Waals surface area contributed by atoms with Gasteiger partial charge < -0.3 is 16.0 Å². The molecule has 1 aliphatic rings. The molecule has 0 spiro atoms. The molecule has 1 saturated heterocycles. The molecule has 0 aliphatic carbocycles. The zero-order valence-corrected chi connectivity index (χ0v) is 14.2. The molecule has 0 aromatic heterocycles. The predicted molar refractivity (Wildman–Crippen MR) is 92.6 cm³/mol. The van der Waals surface area contributed by atoms with Crippen LogP contribution in [0.3, 0.4) is 0 Å². The van der Waals surface area contributed by atoms with Crippen LogP contribution in [0.1, 0.15) is 49.0 Å². The molecule has 1 unspecified atom stereocenters. The van der Waals surface area contributed by atoms with Gasteiger partial charge in [-0.15, -0.1) is 0 Å². The molecule has 2 rings (SSSR count). The number of benzene rings is 1. The number of carbonyl (C=O) groups excluding carboxylic acids is 2. The minimum absolute atomic E-state index is 0.0102. The summed E-state index contributed by atoms with van der Waals surface area (Å²) in [7, 11) is 0. The molecule has 1 heterocycles. The summed E-state index contributed by atoms with van der Waals surface area (Å²) in [5, 5.41) is 9.10. The molecule has 23 heavy (non-hydrogen) atoms. The van der Waals surface area contributed by atoms with Crippen molar-refractivity contribution in [3.8, 4) is 0 Å². The Hall–Kier alpha value is -1.88. The Bertz CT molecular complexity index is 563. The Kier molecular flexibility index (Phi) is 6.16. The zero-order valence-electron chi connectivity index (χ0n) is 14.2. The fourth-order valence-electron chi connectivity index (χ4n) is 2.80. The maximum atomic E-state index is 12.2. The number of carbonyl (C=O) groups is 2. The number of hydrogen-bond donors (Lipinski definition) is 3. The molecule has 0 bridgehead atoms. The second-order valence-electron chi connectivity index (χ2n) is 6.60. The highest BCUT2D eigenvalue weighted by atomic mass is 16.2. The van der Waals surface area contributed by atoms with Crippen molar-refractivity contribution < 1.29 is 9.59 Å². The Morgan fingerprint density at radius 3 is 2.78 bits per heavy atom. The molecular weight excluding hydrogens is 290 g/mol. The first-order chi connectivity index (χ1) is 11.0. The SMILES string of the molecule is Cc1ccc(NC(=O)CCC2CCNC2)cc1C(=O)NC(C)C. The first kappa shape index (κ1) is 17.5. The first-order valence-corrected chi connectivity index (χ1v) is 8.38. The lowest BCUT2D eigenvalue weighted by Gasteiger charge is -2.13. The number of nitrogens with one attached hydrogen (secondary N) is 3. The molecule has 5 nitrogen and oxygen atoms in total. The van der Waals surface area contributed by atoms with Crippen molar-refractivity contribution in [2.45, 2.75) is 46.1 Å². The van der Waals surface area contributed by atoms with Crippen molar-refractivity contribution in [3.05, 3.63) is 29.3 Å². The maximum Gasteiger partial charge on any atom is 0.251 e. The lowest BCUT2D eigenvalue weighted by atomic mass is 10.0. The molecule has 126 valence electrons. The Morgan fingerprint density at radius 2 is 2.13 bits per heavy atom. The third-order valence-electron chi connectivity index (χ3n) is 4.13. The highest BCUT2D eigenvalue weighted by molar-refractivity contribution is 5.98. The van der Waals surface area contributed by atoms with E-state index < -0.39 is 0 Å². The van der Waals surface area contributed by atoms with Crippen molar-refractivity contribution in [2.75, 3.05) is 18.4 Å². The summed E-state index contributed by atoms with van der Waals surface area (Å²) < 4.78 is 0. The molecular formula is C18H27N3O2. The van der Waals surface area contributed by atoms with Gasteiger partial charge in [-0.2, -0.15) is 0 Å². The van der Waals surface area contributed by atoms with Crippen molar-refractivity contribution in [2.24, 2.45) is 5.92 Å². The quantitative estimate of drug-likeness (QED) is 0.755. The second-order valence-corrected chi connectivity index (χ2v) is 6.60. The second kappa shape index (κ2) is 8.11. The molecule has 3 N–H and O–H groups in total. The van der Waals surface area contributed by atoms with E-state index in [4.69, 9.17) is 0 Å². The van der Waals surface area contributed by atoms with E-state index >= 15 is 0 Å². The van der Waals surface area contributed by atoms with Gasteiger partial charge in [-0.05, 0) is 70.3 Å². The number of aryl methyl sites for hydroxylation is 1. The molecule has 1 fully saturated rings. The van der Waals surface area contributed by atoms with Gasteiger partial charge in [0.05, 0.1) is 0 Å². The van der Waals surface area contributed by atoms with Crippen LogP contribution in [0.2, 0.25) is 0 Å². The fraction of sp³-hybridized carbons (Fsp3) is 0.556. The van der Waals surface area contributed by atoms with E-state index in [-0.39, 0.29) is 17.9 Å². The van der Waals surface area contributed by atoms with E-state index in [0.717, 1.165) is 31.5 Å². The van der Waals surface area contributed by atoms with Crippen LogP contribution in [-0.2, 0) is 4.79 Å². The van der Waals surface area contributed by atoms with E-state index in [9.17, 15) is 9.59 Å². The van der Waals surface area contributed by atoms with Crippen LogP contribution in [0.25, 0.3) is 0 Å². The summed E-state index contributed by atoms with van der Waals surface area (Å²) in [6.07, 6.45) is 2.58. The van der Waals surface area contributed by atoms with Gasteiger partial charge in [0.15, 0.2) is 0 Å². The molecule has 1 atom stereocenters. The van der Waals surface area contributed by atoms with Gasteiger partial charge in [0, 0.05) is 23.7 Å². The minimum atomic E-state index is -0.106. The summed E-state index contributed by atoms with van der Waals surface area (Å²) in [5.41, 5.74) is 2.19. The van der Waals surface area contributed by atoms with Crippen LogP contribution < -0.4 is 16.0 Å². The Labute approximate surface area is 138 Å². The zero-order chi connectivity index (χ0) is 16.8. The van der Waals surface area contributed by atoms with Crippen LogP contribution in [0.5, 0.6) is 0 Å². The van der Waals surface area contributed by atoms with Crippen molar-refractivity contribution in [1.29, 1.82) is 0 Å². The van der Waals surface area contributed by atoms with Crippen LogP contribution in [0.4, 0.5) is 5.69 Å². The summed E-state index contributed by atoms with van der Waals surface area (Å²) in [5.74, 6) is 0.507. The third-order valence-corrected chi connectivity index (χ3v) is 4.13. The van der Waals surface area contributed by atoms with Crippen molar-refractivity contribution in [1.82, 2.24) is 10.6 Å². The van der Waals surface area contributed by atoms with Crippen molar-refractivity contribution in [3.63, 3.8) is 0 Å². The first-order valence-electron chi connectivity index (χ1n) is 8.38. The number of rotatable bonds is 6. The van der Waals surface area contributed by atoms with Gasteiger partial charge in [0.2, 0.25) is 5.91 Å². The molecule has 2 amide bonds. The molecule has 0 saturated carbocycles. The molecule has 0 radical (unpaired) electrons. The van der Waals surface area contributed by atoms with Crippen LogP contribution in [0.15, 0.2) is 18.2 Å². The lowest BCUT2D eigenvalue weighted by molar-refractivity contribution is -0.116. The fourth-order valence-corrected chi connectivity index (χ4v) is 2.80. The maximum absolute atomic E-state index is 12.2. The highest BCUT2D eigenvalue weighted by Crippen LogP contribution is 2.18. The standard InChI is InChI=1S/C18H27N3O2/c1-12(2)20-18(23)16-10-15(6-4-13(16)3)21-17(22)7-5-14-8-9-19-11-14/h4,6,10,12,14,19H,5,7-9,11H2,1-3H3,(H,20,23)(H,21,22). The molecule has 1 aromatic carbocycles. The summed E-state index contributed by atoms with van der Waals surface area (Å²) in [6, 6.07) is 5.55. The highest BCUT2D eigenvalue weighted by Gasteiger charge is 2.16. The number of anilines is 1. The average molecular weight is 317 g/mol. The van der Waals surface area contributed by atoms with Gasteiger partial charge in [-0.1, -0.05) is 6.07 Å². The summed E-state index contributed by atoms with van der Waals surface area (Å²) in [4.78, 5) is 24.3. The van der Waals surface area contributed by atoms with E-state index in [2.05, 4.69) is 16.0 Å². The van der Waals surface area contributed by atoms with Crippen LogP contribution >= 0.6 is 0 Å². The normalized spacial score (nSPS) is 17.3. The average Bonchev–Trinajstić information content (AvgIpc) is 2.99. The number of amides is 2. The van der Waals surface area contributed by atoms with E-state index in [1.807, 2.05) is 32.9 Å². The van der Waals surface area contributed by atoms with Gasteiger partial charge in [-0.3, -0.25) is 9.59 Å². The van der Waals surface area contributed by atoms with Gasteiger partial charge in [0.1, 0.15) is 0 Å². The molecule has 1 aromatic rings. The summed E-state index contributed by atoms with van der Waals surface area (Å²) >= 11 is 0. The van der Waals surface area contributed by atoms with E-state index in [0.29, 0.717) is 23.6 Å². The van der Waals surface area contributed by atoms with Crippen molar-refractivity contribution >= 4 is 17.5 Å². The topological polar surface area (TPSA) is 70.2 Å². The van der Waals surface area contributed by atoms with E-state index in [1.165, 1.54) is 0 Å². The predicted octanol–water partition coefficient (Wildman–Crippen LogP) is 2.46. The Morgan fingerprint density at radius 1 is 1.35 bits per heavy atom. The monoisotopic (exact) mass is 317 g/mol. The third kappa shape index (κ3) is 5.36. The largest absolute Gasteiger partial charge is 0.350 e. The van der Waals surface area contributed by atoms with Gasteiger partial charge in [0.25, 0.3) is 5.91 Å². The van der Waals surface area contributed by atoms with E-state index in [1.54, 1.807) is 6.07 Å². The molecule has 1 aliphatic heterocycles. The minimum Gasteiger partial charge on any atom is -0.350 e. The van der Waals surface area contributed by atoms with Gasteiger partial charge in [-0.25, -0.2) is 0 Å². The Balaban J connectivity index is 1.94. The van der Waals surface area contributed by atoms with Crippen LogP contribution in [-0.4, -0.2) is 30.9 Å². The lowest BCUT2D eigenvalue weighted by Crippen LogP contribution is -2.30. The smallest absolute Gasteiger partial charge is 0.251 e. The van der Waals surface area contributed by atoms with Crippen LogP contribution in [0, 0.1) is 12.8 Å².